The molecule has 0 aliphatic carbocycles. The fourth-order valence-electron chi connectivity index (χ4n) is 0.184. The smallest absolute Gasteiger partial charge is 0.336 e. The maximum absolute atomic E-state index is 10.4. The van der Waals surface area contributed by atoms with E-state index >= 15 is 0 Å². The number of rotatable bonds is 2. The summed E-state index contributed by atoms with van der Waals surface area (Å²) in [7, 11) is -8.95. The average Bonchev–Trinajstić information content (AvgIpc) is 1.64. The minimum atomic E-state index is -4.76. The second kappa shape index (κ2) is 2.52. The molecule has 0 saturated heterocycles. The van der Waals surface area contributed by atoms with Gasteiger partial charge in [0.1, 0.15) is 0 Å². The Labute approximate surface area is 52.2 Å². The predicted molar refractivity (Wildman–Crippen MR) is 32.4 cm³/mol. The molecule has 0 saturated carbocycles. The van der Waals surface area contributed by atoms with Gasteiger partial charge in [-0.15, -0.1) is 0 Å². The summed E-state index contributed by atoms with van der Waals surface area (Å²) in [4.78, 5) is 24.7. The van der Waals surface area contributed by atoms with Gasteiger partial charge in [0.15, 0.2) is 0 Å². The lowest BCUT2D eigenvalue weighted by atomic mass is 11.0. The molecule has 0 radical (unpaired) electrons. The molecule has 3 N–H and O–H groups in total. The van der Waals surface area contributed by atoms with Gasteiger partial charge in [-0.1, -0.05) is 6.92 Å². The van der Waals surface area contributed by atoms with Crippen LogP contribution in [0.4, 0.5) is 0 Å². The summed E-state index contributed by atoms with van der Waals surface area (Å²) >= 11 is 0. The van der Waals surface area contributed by atoms with Crippen LogP contribution in [0.25, 0.3) is 0 Å². The van der Waals surface area contributed by atoms with Crippen LogP contribution in [-0.4, -0.2) is 20.8 Å². The molecule has 0 aromatic rings. The Morgan fingerprint density at radius 1 is 1.22 bits per heavy atom. The van der Waals surface area contributed by atoms with Crippen molar-refractivity contribution in [3.8, 4) is 0 Å². The molecule has 0 aliphatic heterocycles. The number of hydrogen-bond donors (Lipinski definition) is 3. The molecule has 0 bridgehead atoms. The van der Waals surface area contributed by atoms with Gasteiger partial charge < -0.3 is 14.7 Å². The van der Waals surface area contributed by atoms with E-state index in [1.54, 1.807) is 0 Å². The van der Waals surface area contributed by atoms with Crippen LogP contribution in [-0.2, 0) is 9.13 Å². The Kier molecular flexibility index (Phi) is 2.62. The average molecular weight is 174 g/mol. The minimum Gasteiger partial charge on any atom is -0.336 e. The molecule has 7 heteroatoms. The van der Waals surface area contributed by atoms with Crippen LogP contribution >= 0.6 is 14.3 Å². The van der Waals surface area contributed by atoms with Crippen molar-refractivity contribution in [2.45, 2.75) is 6.92 Å². The van der Waals surface area contributed by atoms with Crippen molar-refractivity contribution >= 4 is 14.3 Å². The van der Waals surface area contributed by atoms with Crippen molar-refractivity contribution in [3.05, 3.63) is 0 Å². The lowest BCUT2D eigenvalue weighted by molar-refractivity contribution is 0.377. The van der Waals surface area contributed by atoms with Crippen LogP contribution in [0.15, 0.2) is 0 Å². The van der Waals surface area contributed by atoms with E-state index < -0.39 is 20.5 Å². The molecule has 0 aliphatic rings. The first kappa shape index (κ1) is 9.34. The SMILES string of the molecule is CCP(=O)(O)P(=O)(O)O. The fraction of sp³-hybridized carbons (Fsp3) is 1.00. The van der Waals surface area contributed by atoms with Gasteiger partial charge >= 0.3 is 14.3 Å². The van der Waals surface area contributed by atoms with Crippen LogP contribution in [0.1, 0.15) is 6.92 Å². The van der Waals surface area contributed by atoms with E-state index in [9.17, 15) is 9.13 Å². The van der Waals surface area contributed by atoms with Gasteiger partial charge in [-0.3, -0.25) is 4.57 Å². The second-order valence-electron chi connectivity index (χ2n) is 1.49. The molecule has 0 aromatic carbocycles. The van der Waals surface area contributed by atoms with Crippen LogP contribution in [0.2, 0.25) is 0 Å². The lowest BCUT2D eigenvalue weighted by Gasteiger charge is -2.08. The molecule has 9 heavy (non-hydrogen) atoms. The van der Waals surface area contributed by atoms with E-state index in [4.69, 9.17) is 14.7 Å². The summed E-state index contributed by atoms with van der Waals surface area (Å²) in [5.74, 6) is 0. The van der Waals surface area contributed by atoms with Crippen molar-refractivity contribution < 1.29 is 23.8 Å². The van der Waals surface area contributed by atoms with E-state index in [0.29, 0.717) is 0 Å². The lowest BCUT2D eigenvalue weighted by Crippen LogP contribution is -1.84. The highest BCUT2D eigenvalue weighted by Crippen LogP contribution is 2.73. The van der Waals surface area contributed by atoms with Gasteiger partial charge in [0.2, 0.25) is 0 Å². The minimum absolute atomic E-state index is 0.392. The first-order valence-electron chi connectivity index (χ1n) is 2.19. The molecule has 0 spiro atoms. The summed E-state index contributed by atoms with van der Waals surface area (Å²) in [5, 5.41) is 0. The van der Waals surface area contributed by atoms with Crippen LogP contribution in [0, 0.1) is 0 Å². The fourth-order valence-corrected chi connectivity index (χ4v) is 1.66. The summed E-state index contributed by atoms with van der Waals surface area (Å²) in [5.41, 5.74) is 0. The standard InChI is InChI=1S/C2H8O5P2/c1-2-8(3,4)9(5,6)7/h2H2,1H3,(H,3,4)(H2,5,6,7). The van der Waals surface area contributed by atoms with E-state index in [1.165, 1.54) is 6.92 Å². The largest absolute Gasteiger partial charge is 0.407 e. The van der Waals surface area contributed by atoms with Gasteiger partial charge in [0.25, 0.3) is 0 Å². The molecular weight excluding hydrogens is 166 g/mol. The van der Waals surface area contributed by atoms with Crippen LogP contribution in [0.3, 0.4) is 0 Å². The van der Waals surface area contributed by atoms with E-state index in [-0.39, 0.29) is 0 Å². The van der Waals surface area contributed by atoms with Crippen LogP contribution < -0.4 is 0 Å². The monoisotopic (exact) mass is 174 g/mol. The van der Waals surface area contributed by atoms with Crippen LogP contribution in [0.5, 0.6) is 0 Å². The van der Waals surface area contributed by atoms with Gasteiger partial charge in [0, 0.05) is 6.16 Å². The normalized spacial score (nSPS) is 19.1. The van der Waals surface area contributed by atoms with Crippen molar-refractivity contribution in [1.29, 1.82) is 0 Å². The molecular formula is C2H8O5P2. The second-order valence-corrected chi connectivity index (χ2v) is 7.92. The van der Waals surface area contributed by atoms with Gasteiger partial charge in [0.05, 0.1) is 0 Å². The third kappa shape index (κ3) is 2.20. The molecule has 1 atom stereocenters. The van der Waals surface area contributed by atoms with E-state index in [2.05, 4.69) is 0 Å². The van der Waals surface area contributed by atoms with Gasteiger partial charge in [-0.25, -0.2) is 4.57 Å². The van der Waals surface area contributed by atoms with Crippen molar-refractivity contribution in [3.63, 3.8) is 0 Å². The third-order valence-corrected chi connectivity index (χ3v) is 5.75. The zero-order chi connectivity index (χ0) is 7.71. The quantitative estimate of drug-likeness (QED) is 0.525. The Hall–Kier alpha value is 0.340. The predicted octanol–water partition coefficient (Wildman–Crippen LogP) is 0.369. The van der Waals surface area contributed by atoms with Crippen molar-refractivity contribution in [2.24, 2.45) is 0 Å². The van der Waals surface area contributed by atoms with Crippen molar-refractivity contribution in [1.82, 2.24) is 0 Å². The molecule has 0 amide bonds. The maximum atomic E-state index is 10.4. The zero-order valence-corrected chi connectivity index (χ0v) is 6.55. The summed E-state index contributed by atoms with van der Waals surface area (Å²) in [6.07, 6.45) is -0.392. The summed E-state index contributed by atoms with van der Waals surface area (Å²) in [6.45, 7) is 1.25. The molecule has 56 valence electrons. The van der Waals surface area contributed by atoms with E-state index in [1.807, 2.05) is 0 Å². The third-order valence-electron chi connectivity index (χ3n) is 0.819. The van der Waals surface area contributed by atoms with Crippen molar-refractivity contribution in [2.75, 3.05) is 6.16 Å². The maximum Gasteiger partial charge on any atom is 0.407 e. The number of hydrogen-bond acceptors (Lipinski definition) is 2. The Morgan fingerprint density at radius 3 is 1.56 bits per heavy atom. The first-order valence-corrected chi connectivity index (χ1v) is 6.35. The van der Waals surface area contributed by atoms with Gasteiger partial charge in [-0.2, -0.15) is 0 Å². The highest BCUT2D eigenvalue weighted by molar-refractivity contribution is 8.28. The highest BCUT2D eigenvalue weighted by atomic mass is 32.1. The Morgan fingerprint density at radius 2 is 1.56 bits per heavy atom. The first-order chi connectivity index (χ1) is 3.81. The Bertz CT molecular complexity index is 179. The topological polar surface area (TPSA) is 94.8 Å². The Balaban J connectivity index is 4.56. The van der Waals surface area contributed by atoms with E-state index in [0.717, 1.165) is 0 Å². The molecule has 0 heterocycles. The molecule has 5 nitrogen and oxygen atoms in total. The highest BCUT2D eigenvalue weighted by Gasteiger charge is 2.37. The summed E-state index contributed by atoms with van der Waals surface area (Å²) in [6, 6.07) is 0. The molecule has 1 unspecified atom stereocenters. The molecule has 0 aromatic heterocycles. The zero-order valence-electron chi connectivity index (χ0n) is 4.76. The summed E-state index contributed by atoms with van der Waals surface area (Å²) < 4.78 is 20.5. The van der Waals surface area contributed by atoms with Gasteiger partial charge in [-0.05, 0) is 0 Å². The molecule has 0 rings (SSSR count). The molecule has 0 fully saturated rings.